The molecule has 0 bridgehead atoms. The molecular weight excluding hydrogens is 448 g/mol. The number of hydrogen-bond acceptors (Lipinski definition) is 5. The van der Waals surface area contributed by atoms with E-state index in [4.69, 9.17) is 9.47 Å². The summed E-state index contributed by atoms with van der Waals surface area (Å²) in [5.74, 6) is 0.903. The van der Waals surface area contributed by atoms with Crippen LogP contribution in [0.1, 0.15) is 18.1 Å². The molecule has 0 spiro atoms. The van der Waals surface area contributed by atoms with Crippen LogP contribution in [-0.4, -0.2) is 23.3 Å². The Morgan fingerprint density at radius 3 is 2.53 bits per heavy atom. The Hall–Kier alpha value is -3.32. The first-order chi connectivity index (χ1) is 14.5. The molecule has 30 heavy (non-hydrogen) atoms. The maximum Gasteiger partial charge on any atom is 0.280 e. The van der Waals surface area contributed by atoms with Crippen LogP contribution in [0, 0.1) is 0 Å². The van der Waals surface area contributed by atoms with Gasteiger partial charge in [0.25, 0.3) is 5.91 Å². The molecule has 3 aromatic rings. The fourth-order valence-corrected chi connectivity index (χ4v) is 2.88. The summed E-state index contributed by atoms with van der Waals surface area (Å²) in [6, 6.07) is 21.9. The Morgan fingerprint density at radius 2 is 1.80 bits per heavy atom. The van der Waals surface area contributed by atoms with E-state index in [-0.39, 0.29) is 5.75 Å². The first-order valence-electron chi connectivity index (χ1n) is 9.26. The van der Waals surface area contributed by atoms with Crippen LogP contribution in [0.5, 0.6) is 17.2 Å². The molecule has 0 radical (unpaired) electrons. The number of rotatable bonds is 8. The third-order valence-corrected chi connectivity index (χ3v) is 4.62. The maximum absolute atomic E-state index is 12.2. The molecule has 0 fully saturated rings. The van der Waals surface area contributed by atoms with Gasteiger partial charge in [-0.15, -0.1) is 0 Å². The zero-order valence-electron chi connectivity index (χ0n) is 16.3. The molecule has 154 valence electrons. The van der Waals surface area contributed by atoms with Crippen molar-refractivity contribution in [1.82, 2.24) is 5.43 Å². The molecule has 0 aliphatic rings. The van der Waals surface area contributed by atoms with Crippen molar-refractivity contribution in [3.8, 4) is 17.2 Å². The fourth-order valence-electron chi connectivity index (χ4n) is 2.50. The molecule has 0 aliphatic carbocycles. The summed E-state index contributed by atoms with van der Waals surface area (Å²) in [5.41, 5.74) is 3.96. The lowest BCUT2D eigenvalue weighted by molar-refractivity contribution is -0.127. The summed E-state index contributed by atoms with van der Waals surface area (Å²) in [7, 11) is 0. The molecular formula is C23H21BrN2O4. The topological polar surface area (TPSA) is 80.2 Å². The molecule has 2 N–H and O–H groups in total. The van der Waals surface area contributed by atoms with Crippen LogP contribution in [0.2, 0.25) is 0 Å². The Bertz CT molecular complexity index is 1010. The van der Waals surface area contributed by atoms with Crippen LogP contribution in [0.4, 0.5) is 0 Å². The van der Waals surface area contributed by atoms with Crippen molar-refractivity contribution < 1.29 is 19.4 Å². The van der Waals surface area contributed by atoms with Gasteiger partial charge in [0.1, 0.15) is 23.9 Å². The number of phenols is 1. The standard InChI is InChI=1S/C23H21BrN2O4/c1-16(23(28)26-25-14-18-13-19(24)7-12-22(18)27)30-21-10-8-20(9-11-21)29-15-17-5-3-2-4-6-17/h2-14,16,27H,15H2,1H3,(H,26,28). The number of amides is 1. The smallest absolute Gasteiger partial charge is 0.280 e. The average molecular weight is 469 g/mol. The monoisotopic (exact) mass is 468 g/mol. The number of benzene rings is 3. The van der Waals surface area contributed by atoms with Crippen molar-refractivity contribution in [2.75, 3.05) is 0 Å². The van der Waals surface area contributed by atoms with Gasteiger partial charge in [0.15, 0.2) is 6.10 Å². The lowest BCUT2D eigenvalue weighted by Gasteiger charge is -2.13. The number of hydrazone groups is 1. The highest BCUT2D eigenvalue weighted by atomic mass is 79.9. The van der Waals surface area contributed by atoms with Gasteiger partial charge in [-0.1, -0.05) is 46.3 Å². The van der Waals surface area contributed by atoms with Gasteiger partial charge in [0.05, 0.1) is 6.21 Å². The number of halogens is 1. The number of hydrogen-bond donors (Lipinski definition) is 2. The second-order valence-corrected chi connectivity index (χ2v) is 7.36. The van der Waals surface area contributed by atoms with E-state index in [0.717, 1.165) is 10.0 Å². The molecule has 0 saturated heterocycles. The Labute approximate surface area is 183 Å². The van der Waals surface area contributed by atoms with Crippen molar-refractivity contribution in [2.45, 2.75) is 19.6 Å². The molecule has 7 heteroatoms. The van der Waals surface area contributed by atoms with Crippen LogP contribution in [-0.2, 0) is 11.4 Å². The van der Waals surface area contributed by atoms with E-state index in [1.54, 1.807) is 43.3 Å². The number of nitrogens with zero attached hydrogens (tertiary/aromatic N) is 1. The predicted octanol–water partition coefficient (Wildman–Crippen LogP) is 4.65. The number of ether oxygens (including phenoxy) is 2. The van der Waals surface area contributed by atoms with E-state index in [0.29, 0.717) is 23.7 Å². The minimum atomic E-state index is -0.755. The van der Waals surface area contributed by atoms with Gasteiger partial charge >= 0.3 is 0 Å². The molecule has 0 aromatic heterocycles. The normalized spacial score (nSPS) is 11.8. The molecule has 1 amide bonds. The lowest BCUT2D eigenvalue weighted by Crippen LogP contribution is -2.33. The first-order valence-corrected chi connectivity index (χ1v) is 10.1. The van der Waals surface area contributed by atoms with Crippen molar-refractivity contribution >= 4 is 28.1 Å². The highest BCUT2D eigenvalue weighted by molar-refractivity contribution is 9.10. The molecule has 6 nitrogen and oxygen atoms in total. The van der Waals surface area contributed by atoms with E-state index in [2.05, 4.69) is 26.5 Å². The van der Waals surface area contributed by atoms with Crippen molar-refractivity contribution in [1.29, 1.82) is 0 Å². The van der Waals surface area contributed by atoms with Crippen molar-refractivity contribution in [3.05, 3.63) is 88.4 Å². The summed E-state index contributed by atoms with van der Waals surface area (Å²) in [6.45, 7) is 2.10. The van der Waals surface area contributed by atoms with E-state index in [9.17, 15) is 9.90 Å². The lowest BCUT2D eigenvalue weighted by atomic mass is 10.2. The zero-order valence-corrected chi connectivity index (χ0v) is 17.9. The summed E-state index contributed by atoms with van der Waals surface area (Å²) in [6.07, 6.45) is 0.609. The average Bonchev–Trinajstić information content (AvgIpc) is 2.76. The fraction of sp³-hybridized carbons (Fsp3) is 0.130. The number of carbonyl (C=O) groups excluding carboxylic acids is 1. The molecule has 3 rings (SSSR count). The largest absolute Gasteiger partial charge is 0.507 e. The molecule has 0 heterocycles. The number of phenolic OH excluding ortho intramolecular Hbond substituents is 1. The Kier molecular flexibility index (Phi) is 7.45. The number of carbonyl (C=O) groups is 1. The van der Waals surface area contributed by atoms with E-state index in [1.807, 2.05) is 30.3 Å². The molecule has 0 saturated carbocycles. The van der Waals surface area contributed by atoms with Crippen LogP contribution >= 0.6 is 15.9 Å². The third-order valence-electron chi connectivity index (χ3n) is 4.12. The van der Waals surface area contributed by atoms with E-state index in [1.165, 1.54) is 12.3 Å². The summed E-state index contributed by atoms with van der Waals surface area (Å²) >= 11 is 3.31. The number of nitrogens with one attached hydrogen (secondary N) is 1. The van der Waals surface area contributed by atoms with Crippen LogP contribution in [0.3, 0.4) is 0 Å². The quantitative estimate of drug-likeness (QED) is 0.372. The Morgan fingerprint density at radius 1 is 1.10 bits per heavy atom. The second-order valence-electron chi connectivity index (χ2n) is 6.44. The van der Waals surface area contributed by atoms with Gasteiger partial charge in [-0.2, -0.15) is 5.10 Å². The summed E-state index contributed by atoms with van der Waals surface area (Å²) < 4.78 is 12.2. The van der Waals surface area contributed by atoms with Gasteiger partial charge in [0, 0.05) is 10.0 Å². The van der Waals surface area contributed by atoms with Crippen molar-refractivity contribution in [2.24, 2.45) is 5.10 Å². The Balaban J connectivity index is 1.48. The summed E-state index contributed by atoms with van der Waals surface area (Å²) in [4.78, 5) is 12.2. The number of aromatic hydroxyl groups is 1. The van der Waals surface area contributed by atoms with Gasteiger partial charge in [-0.05, 0) is 55.0 Å². The van der Waals surface area contributed by atoms with E-state index < -0.39 is 12.0 Å². The first kappa shape index (κ1) is 21.4. The minimum Gasteiger partial charge on any atom is -0.507 e. The summed E-state index contributed by atoms with van der Waals surface area (Å²) in [5, 5.41) is 13.6. The van der Waals surface area contributed by atoms with Crippen LogP contribution < -0.4 is 14.9 Å². The molecule has 3 aromatic carbocycles. The van der Waals surface area contributed by atoms with Gasteiger partial charge in [0.2, 0.25) is 0 Å². The van der Waals surface area contributed by atoms with Crippen molar-refractivity contribution in [3.63, 3.8) is 0 Å². The molecule has 1 atom stereocenters. The highest BCUT2D eigenvalue weighted by Crippen LogP contribution is 2.21. The highest BCUT2D eigenvalue weighted by Gasteiger charge is 2.14. The minimum absolute atomic E-state index is 0.0649. The van der Waals surface area contributed by atoms with Gasteiger partial charge in [-0.3, -0.25) is 4.79 Å². The predicted molar refractivity (Wildman–Crippen MR) is 119 cm³/mol. The van der Waals surface area contributed by atoms with E-state index >= 15 is 0 Å². The molecule has 1 unspecified atom stereocenters. The molecule has 0 aliphatic heterocycles. The zero-order chi connectivity index (χ0) is 21.3. The van der Waals surface area contributed by atoms with Crippen LogP contribution in [0.25, 0.3) is 0 Å². The second kappa shape index (κ2) is 10.5. The third kappa shape index (κ3) is 6.35. The SMILES string of the molecule is CC(Oc1ccc(OCc2ccccc2)cc1)C(=O)NN=Cc1cc(Br)ccc1O. The van der Waals surface area contributed by atoms with Gasteiger partial charge in [-0.25, -0.2) is 5.43 Å². The van der Waals surface area contributed by atoms with Gasteiger partial charge < -0.3 is 14.6 Å². The maximum atomic E-state index is 12.2. The van der Waals surface area contributed by atoms with Crippen LogP contribution in [0.15, 0.2) is 82.4 Å².